The van der Waals surface area contributed by atoms with Gasteiger partial charge in [0.2, 0.25) is 0 Å². The average Bonchev–Trinajstić information content (AvgIpc) is 3.25. The summed E-state index contributed by atoms with van der Waals surface area (Å²) in [5.41, 5.74) is 0.840. The third-order valence-corrected chi connectivity index (χ3v) is 6.93. The number of fused-ring (bicyclic) bond motifs is 1. The number of carbonyl (C=O) groups excluding carboxylic acids is 1. The second kappa shape index (κ2) is 9.99. The molecule has 2 N–H and O–H groups in total. The van der Waals surface area contributed by atoms with Crippen LogP contribution in [0.4, 0.5) is 13.2 Å². The highest BCUT2D eigenvalue weighted by Crippen LogP contribution is 2.33. The molecule has 2 aliphatic rings. The van der Waals surface area contributed by atoms with Crippen LogP contribution in [0, 0.1) is 12.8 Å². The van der Waals surface area contributed by atoms with Crippen LogP contribution in [0.15, 0.2) is 30.3 Å². The van der Waals surface area contributed by atoms with Crippen LogP contribution in [-0.4, -0.2) is 42.0 Å². The Labute approximate surface area is 194 Å². The Hall–Kier alpha value is -1.81. The van der Waals surface area contributed by atoms with Crippen molar-refractivity contribution in [3.63, 3.8) is 0 Å². The van der Waals surface area contributed by atoms with E-state index in [4.69, 9.17) is 4.74 Å². The molecule has 32 heavy (non-hydrogen) atoms. The van der Waals surface area contributed by atoms with Gasteiger partial charge in [-0.05, 0) is 62.9 Å². The molecule has 0 amide bonds. The SMILES string of the molecule is Cc1cc2c(s1)CCC(CN[C@@H]1CC[C@@H](Oc3ccc(OC(F)(F)F)cc3)[C@H]1O)C2=O.Cl. The molecule has 1 aromatic carbocycles. The number of hydrogen-bond acceptors (Lipinski definition) is 6. The van der Waals surface area contributed by atoms with Crippen molar-refractivity contribution in [1.29, 1.82) is 0 Å². The molecule has 0 spiro atoms. The first-order valence-electron chi connectivity index (χ1n) is 10.3. The number of ether oxygens (including phenoxy) is 2. The van der Waals surface area contributed by atoms with Crippen molar-refractivity contribution in [3.05, 3.63) is 45.6 Å². The van der Waals surface area contributed by atoms with E-state index in [0.717, 1.165) is 23.3 Å². The number of benzene rings is 1. The Balaban J connectivity index is 0.00000289. The third kappa shape index (κ3) is 5.75. The largest absolute Gasteiger partial charge is 0.573 e. The number of hydrogen-bond donors (Lipinski definition) is 2. The molecule has 1 unspecified atom stereocenters. The van der Waals surface area contributed by atoms with Gasteiger partial charge in [0.25, 0.3) is 0 Å². The zero-order chi connectivity index (χ0) is 22.2. The molecular weight excluding hydrogens is 467 g/mol. The highest BCUT2D eigenvalue weighted by Gasteiger charge is 2.37. The summed E-state index contributed by atoms with van der Waals surface area (Å²) < 4.78 is 46.4. The predicted molar refractivity (Wildman–Crippen MR) is 117 cm³/mol. The van der Waals surface area contributed by atoms with Gasteiger partial charge in [-0.2, -0.15) is 0 Å². The fraction of sp³-hybridized carbons (Fsp3) is 0.500. The predicted octanol–water partition coefficient (Wildman–Crippen LogP) is 4.68. The molecule has 0 aliphatic heterocycles. The number of aryl methyl sites for hydroxylation is 2. The molecule has 0 bridgehead atoms. The Bertz CT molecular complexity index is 934. The Morgan fingerprint density at radius 3 is 2.53 bits per heavy atom. The molecule has 2 aliphatic carbocycles. The molecule has 4 rings (SSSR count). The summed E-state index contributed by atoms with van der Waals surface area (Å²) in [6, 6.07) is 6.89. The fourth-order valence-corrected chi connectivity index (χ4v) is 5.35. The maximum atomic E-state index is 12.7. The lowest BCUT2D eigenvalue weighted by Crippen LogP contribution is -2.44. The van der Waals surface area contributed by atoms with E-state index in [1.807, 2.05) is 13.0 Å². The van der Waals surface area contributed by atoms with Crippen molar-refractivity contribution in [2.45, 2.75) is 57.2 Å². The topological polar surface area (TPSA) is 67.8 Å². The molecule has 0 radical (unpaired) electrons. The van der Waals surface area contributed by atoms with Crippen molar-refractivity contribution >= 4 is 29.5 Å². The van der Waals surface area contributed by atoms with Crippen LogP contribution in [0.3, 0.4) is 0 Å². The molecular formula is C22H25ClF3NO4S. The molecule has 0 saturated heterocycles. The molecule has 1 aromatic heterocycles. The van der Waals surface area contributed by atoms with Gasteiger partial charge in [-0.1, -0.05) is 0 Å². The van der Waals surface area contributed by atoms with E-state index in [1.54, 1.807) is 11.3 Å². The van der Waals surface area contributed by atoms with E-state index in [1.165, 1.54) is 29.1 Å². The number of halogens is 4. The van der Waals surface area contributed by atoms with Crippen molar-refractivity contribution in [2.24, 2.45) is 5.92 Å². The zero-order valence-electron chi connectivity index (χ0n) is 17.4. The Kier molecular flexibility index (Phi) is 7.75. The maximum Gasteiger partial charge on any atom is 0.573 e. The summed E-state index contributed by atoms with van der Waals surface area (Å²) in [4.78, 5) is 15.1. The Morgan fingerprint density at radius 1 is 1.16 bits per heavy atom. The molecule has 10 heteroatoms. The van der Waals surface area contributed by atoms with Gasteiger partial charge in [-0.3, -0.25) is 4.79 Å². The second-order valence-electron chi connectivity index (χ2n) is 8.05. The molecule has 1 heterocycles. The van der Waals surface area contributed by atoms with Crippen molar-refractivity contribution in [2.75, 3.05) is 6.54 Å². The normalized spacial score (nSPS) is 25.2. The highest BCUT2D eigenvalue weighted by atomic mass is 35.5. The lowest BCUT2D eigenvalue weighted by Gasteiger charge is -2.25. The van der Waals surface area contributed by atoms with E-state index < -0.39 is 18.6 Å². The average molecular weight is 492 g/mol. The van der Waals surface area contributed by atoms with Crippen molar-refractivity contribution < 1.29 is 32.5 Å². The minimum absolute atomic E-state index is 0. The van der Waals surface area contributed by atoms with Gasteiger partial charge >= 0.3 is 6.36 Å². The van der Waals surface area contributed by atoms with Gasteiger partial charge in [0, 0.05) is 33.8 Å². The van der Waals surface area contributed by atoms with E-state index in [2.05, 4.69) is 10.1 Å². The van der Waals surface area contributed by atoms with E-state index in [-0.39, 0.29) is 35.9 Å². The third-order valence-electron chi connectivity index (χ3n) is 5.81. The Morgan fingerprint density at radius 2 is 1.84 bits per heavy atom. The van der Waals surface area contributed by atoms with Crippen LogP contribution in [0.25, 0.3) is 0 Å². The van der Waals surface area contributed by atoms with E-state index in [9.17, 15) is 23.1 Å². The van der Waals surface area contributed by atoms with Crippen molar-refractivity contribution in [3.8, 4) is 11.5 Å². The van der Waals surface area contributed by atoms with Gasteiger partial charge < -0.3 is 19.9 Å². The molecule has 2 aromatic rings. The zero-order valence-corrected chi connectivity index (χ0v) is 19.0. The number of aliphatic hydroxyl groups is 1. The van der Waals surface area contributed by atoms with E-state index in [0.29, 0.717) is 25.1 Å². The number of aliphatic hydroxyl groups excluding tert-OH is 1. The lowest BCUT2D eigenvalue weighted by atomic mass is 9.87. The minimum Gasteiger partial charge on any atom is -0.488 e. The smallest absolute Gasteiger partial charge is 0.488 e. The first-order valence-corrected chi connectivity index (χ1v) is 11.1. The lowest BCUT2D eigenvalue weighted by molar-refractivity contribution is -0.274. The van der Waals surface area contributed by atoms with Gasteiger partial charge in [0.05, 0.1) is 0 Å². The van der Waals surface area contributed by atoms with Gasteiger partial charge in [0.1, 0.15) is 23.7 Å². The number of nitrogens with one attached hydrogen (secondary N) is 1. The quantitative estimate of drug-likeness (QED) is 0.614. The molecule has 4 atom stereocenters. The summed E-state index contributed by atoms with van der Waals surface area (Å²) in [6.45, 7) is 2.51. The number of thiophene rings is 1. The van der Waals surface area contributed by atoms with Crippen molar-refractivity contribution in [1.82, 2.24) is 5.32 Å². The molecule has 1 saturated carbocycles. The number of alkyl halides is 3. The van der Waals surface area contributed by atoms with Crippen LogP contribution in [-0.2, 0) is 6.42 Å². The summed E-state index contributed by atoms with van der Waals surface area (Å²) in [5, 5.41) is 14.0. The van der Waals surface area contributed by atoms with Crippen LogP contribution in [0.2, 0.25) is 0 Å². The first-order chi connectivity index (χ1) is 14.7. The van der Waals surface area contributed by atoms with Gasteiger partial charge in [0.15, 0.2) is 5.78 Å². The number of Topliss-reactive ketones (excluding diaryl/α,β-unsaturated/α-hetero) is 1. The van der Waals surface area contributed by atoms with Crippen LogP contribution in [0.5, 0.6) is 11.5 Å². The molecule has 5 nitrogen and oxygen atoms in total. The van der Waals surface area contributed by atoms with E-state index >= 15 is 0 Å². The maximum absolute atomic E-state index is 12.7. The summed E-state index contributed by atoms with van der Waals surface area (Å²) in [6.07, 6.45) is -3.00. The van der Waals surface area contributed by atoms with Crippen LogP contribution >= 0.6 is 23.7 Å². The van der Waals surface area contributed by atoms with Gasteiger partial charge in [-0.25, -0.2) is 0 Å². The minimum atomic E-state index is -4.74. The standard InChI is InChI=1S/C22H24F3NO4S.ClH/c1-12-10-16-19(31-12)9-2-13(20(16)27)11-26-17-7-8-18(21(17)28)29-14-3-5-15(6-4-14)30-22(23,24)25;/h3-6,10,13,17-18,21,26,28H,2,7-9,11H2,1H3;1H/t13?,17-,18-,21+;/m1./s1. The highest BCUT2D eigenvalue weighted by molar-refractivity contribution is 7.12. The number of ketones is 1. The first kappa shape index (κ1) is 24.8. The summed E-state index contributed by atoms with van der Waals surface area (Å²) in [7, 11) is 0. The second-order valence-corrected chi connectivity index (χ2v) is 9.39. The molecule has 1 fully saturated rings. The summed E-state index contributed by atoms with van der Waals surface area (Å²) in [5.74, 6) is 0.101. The fourth-order valence-electron chi connectivity index (χ4n) is 4.29. The monoisotopic (exact) mass is 491 g/mol. The number of rotatable bonds is 6. The number of carbonyl (C=O) groups is 1. The molecule has 176 valence electrons. The van der Waals surface area contributed by atoms with Crippen LogP contribution < -0.4 is 14.8 Å². The summed E-state index contributed by atoms with van der Waals surface area (Å²) >= 11 is 1.68. The van der Waals surface area contributed by atoms with Crippen LogP contribution in [0.1, 0.15) is 39.4 Å². The van der Waals surface area contributed by atoms with Gasteiger partial charge in [-0.15, -0.1) is 36.9 Å².